The van der Waals surface area contributed by atoms with Gasteiger partial charge in [-0.3, -0.25) is 0 Å². The van der Waals surface area contributed by atoms with E-state index in [1.165, 1.54) is 10.9 Å². The number of aryl methyl sites for hydroxylation is 1. The van der Waals surface area contributed by atoms with E-state index in [0.717, 1.165) is 9.65 Å². The maximum Gasteiger partial charge on any atom is 0.361 e. The van der Waals surface area contributed by atoms with Crippen LogP contribution in [0.3, 0.4) is 0 Å². The van der Waals surface area contributed by atoms with Crippen LogP contribution in [0.5, 0.6) is 0 Å². The molecule has 1 aromatic carbocycles. The number of rotatable bonds is 2. The molecule has 0 saturated carbocycles. The van der Waals surface area contributed by atoms with E-state index in [2.05, 4.69) is 5.10 Å². The van der Waals surface area contributed by atoms with Gasteiger partial charge in [0.2, 0.25) is 0 Å². The summed E-state index contributed by atoms with van der Waals surface area (Å²) < 4.78 is 0.784. The Morgan fingerprint density at radius 2 is 1.83 bits per heavy atom. The van der Waals surface area contributed by atoms with Crippen LogP contribution in [-0.4, -0.2) is 16.9 Å². The lowest BCUT2D eigenvalue weighted by atomic mass is 10.2. The number of aromatic nitrogens is 3. The Kier molecular flexibility index (Phi) is 3.96. The molecule has 0 aliphatic heterocycles. The highest BCUT2D eigenvalue weighted by Crippen LogP contribution is 2.38. The molecular weight excluding hydrogens is 317 g/mol. The summed E-state index contributed by atoms with van der Waals surface area (Å²) in [5.74, 6) is 0. The summed E-state index contributed by atoms with van der Waals surface area (Å²) in [4.78, 5) is 12.0. The molecule has 0 spiro atoms. The molecule has 0 bridgehead atoms. The summed E-state index contributed by atoms with van der Waals surface area (Å²) in [5, 5.41) is 3.88. The lowest BCUT2D eigenvalue weighted by Gasteiger charge is -2.07. The fourth-order valence-corrected chi connectivity index (χ4v) is 2.37. The summed E-state index contributed by atoms with van der Waals surface area (Å²) in [5.41, 5.74) is 1.44. The standard InChI is InChI=1S/C10H8Cl3N3OS/c1-7-2-4-8(5-3-7)15-6-14-16(9(15)17)18-10(11,12)13/h2-6H,1H3. The normalized spacial score (nSPS) is 11.8. The number of halogens is 3. The van der Waals surface area contributed by atoms with Crippen LogP contribution in [0.4, 0.5) is 0 Å². The Labute approximate surface area is 123 Å². The van der Waals surface area contributed by atoms with Gasteiger partial charge >= 0.3 is 5.69 Å². The topological polar surface area (TPSA) is 39.8 Å². The summed E-state index contributed by atoms with van der Waals surface area (Å²) in [6.07, 6.45) is 1.39. The molecule has 1 heterocycles. The van der Waals surface area contributed by atoms with Gasteiger partial charge in [0.05, 0.1) is 5.69 Å². The van der Waals surface area contributed by atoms with Gasteiger partial charge < -0.3 is 0 Å². The fourth-order valence-electron chi connectivity index (χ4n) is 1.33. The Balaban J connectivity index is 2.37. The largest absolute Gasteiger partial charge is 0.361 e. The van der Waals surface area contributed by atoms with Gasteiger partial charge in [-0.25, -0.2) is 9.36 Å². The van der Waals surface area contributed by atoms with Crippen molar-refractivity contribution in [2.75, 3.05) is 0 Å². The van der Waals surface area contributed by atoms with Gasteiger partial charge in [0.15, 0.2) is 0 Å². The third kappa shape index (κ3) is 3.23. The molecule has 4 nitrogen and oxygen atoms in total. The molecule has 0 aliphatic carbocycles. The van der Waals surface area contributed by atoms with Crippen LogP contribution >= 0.6 is 46.8 Å². The zero-order chi connectivity index (χ0) is 13.3. The summed E-state index contributed by atoms with van der Waals surface area (Å²) in [6, 6.07) is 7.45. The van der Waals surface area contributed by atoms with Crippen molar-refractivity contribution in [3.63, 3.8) is 0 Å². The van der Waals surface area contributed by atoms with Crippen LogP contribution in [-0.2, 0) is 0 Å². The molecule has 0 amide bonds. The second-order valence-electron chi connectivity index (χ2n) is 3.53. The molecule has 0 saturated heterocycles. The van der Waals surface area contributed by atoms with Crippen molar-refractivity contribution in [3.05, 3.63) is 46.6 Å². The first-order valence-corrected chi connectivity index (χ1v) is 6.77. The highest BCUT2D eigenvalue weighted by Gasteiger charge is 2.24. The molecule has 2 aromatic rings. The first-order chi connectivity index (χ1) is 8.37. The monoisotopic (exact) mass is 323 g/mol. The van der Waals surface area contributed by atoms with E-state index in [9.17, 15) is 4.79 Å². The molecular formula is C10H8Cl3N3OS. The van der Waals surface area contributed by atoms with E-state index < -0.39 is 3.12 Å². The van der Waals surface area contributed by atoms with Crippen molar-refractivity contribution in [3.8, 4) is 5.69 Å². The van der Waals surface area contributed by atoms with Crippen molar-refractivity contribution in [2.24, 2.45) is 0 Å². The van der Waals surface area contributed by atoms with Crippen molar-refractivity contribution in [1.29, 1.82) is 0 Å². The van der Waals surface area contributed by atoms with Crippen LogP contribution < -0.4 is 5.69 Å². The zero-order valence-corrected chi connectivity index (χ0v) is 12.3. The number of hydrogen-bond donors (Lipinski definition) is 0. The van der Waals surface area contributed by atoms with Crippen LogP contribution in [0.25, 0.3) is 5.69 Å². The highest BCUT2D eigenvalue weighted by molar-refractivity contribution is 8.03. The lowest BCUT2D eigenvalue weighted by Crippen LogP contribution is -2.22. The predicted molar refractivity (Wildman–Crippen MR) is 75.8 cm³/mol. The maximum absolute atomic E-state index is 12.0. The molecule has 0 atom stereocenters. The molecule has 1 aromatic heterocycles. The molecule has 8 heteroatoms. The molecule has 96 valence electrons. The Bertz CT molecular complexity index is 600. The lowest BCUT2D eigenvalue weighted by molar-refractivity contribution is 0.936. The van der Waals surface area contributed by atoms with Crippen molar-refractivity contribution < 1.29 is 0 Å². The smallest absolute Gasteiger partial charge is 0.249 e. The number of nitrogens with zero attached hydrogens (tertiary/aromatic N) is 3. The van der Waals surface area contributed by atoms with E-state index in [4.69, 9.17) is 34.8 Å². The van der Waals surface area contributed by atoms with Gasteiger partial charge in [-0.2, -0.15) is 0 Å². The quantitative estimate of drug-likeness (QED) is 0.797. The predicted octanol–water partition coefficient (Wildman–Crippen LogP) is 3.17. The minimum atomic E-state index is -1.63. The first-order valence-electron chi connectivity index (χ1n) is 4.87. The molecule has 2 rings (SSSR count). The van der Waals surface area contributed by atoms with Crippen LogP contribution in [0.2, 0.25) is 0 Å². The van der Waals surface area contributed by atoms with Gasteiger partial charge in [0.25, 0.3) is 3.12 Å². The minimum Gasteiger partial charge on any atom is -0.249 e. The SMILES string of the molecule is Cc1ccc(-n2cnn(SC(Cl)(Cl)Cl)c2=O)cc1. The van der Waals surface area contributed by atoms with Crippen molar-refractivity contribution in [2.45, 2.75) is 10.0 Å². The molecule has 0 unspecified atom stereocenters. The average Bonchev–Trinajstić information content (AvgIpc) is 2.60. The Hall–Kier alpha value is -0.620. The minimum absolute atomic E-state index is 0.379. The summed E-state index contributed by atoms with van der Waals surface area (Å²) in [7, 11) is 0. The van der Waals surface area contributed by atoms with Gasteiger partial charge in [-0.1, -0.05) is 52.5 Å². The van der Waals surface area contributed by atoms with Crippen LogP contribution in [0, 0.1) is 6.92 Å². The molecule has 0 N–H and O–H groups in total. The maximum atomic E-state index is 12.0. The van der Waals surface area contributed by atoms with E-state index in [1.54, 1.807) is 0 Å². The summed E-state index contributed by atoms with van der Waals surface area (Å²) in [6.45, 7) is 1.97. The molecule has 0 fully saturated rings. The molecule has 18 heavy (non-hydrogen) atoms. The third-order valence-electron chi connectivity index (χ3n) is 2.14. The Morgan fingerprint density at radius 1 is 1.22 bits per heavy atom. The highest BCUT2D eigenvalue weighted by atomic mass is 35.6. The second kappa shape index (κ2) is 5.17. The van der Waals surface area contributed by atoms with Gasteiger partial charge in [-0.15, -0.1) is 9.19 Å². The molecule has 0 radical (unpaired) electrons. The van der Waals surface area contributed by atoms with Crippen molar-refractivity contribution >= 4 is 46.8 Å². The van der Waals surface area contributed by atoms with E-state index in [-0.39, 0.29) is 5.69 Å². The second-order valence-corrected chi connectivity index (χ2v) is 7.62. The Morgan fingerprint density at radius 3 is 2.39 bits per heavy atom. The van der Waals surface area contributed by atoms with Crippen molar-refractivity contribution in [1.82, 2.24) is 13.8 Å². The molecule has 0 aliphatic rings. The third-order valence-corrected chi connectivity index (χ3v) is 3.40. The number of hydrogen-bond acceptors (Lipinski definition) is 3. The zero-order valence-electron chi connectivity index (χ0n) is 9.18. The van der Waals surface area contributed by atoms with Crippen LogP contribution in [0.15, 0.2) is 35.4 Å². The first kappa shape index (κ1) is 13.8. The average molecular weight is 325 g/mol. The van der Waals surface area contributed by atoms with Gasteiger partial charge in [0, 0.05) is 11.9 Å². The summed E-state index contributed by atoms with van der Waals surface area (Å²) >= 11 is 17.5. The van der Waals surface area contributed by atoms with E-state index in [0.29, 0.717) is 17.6 Å². The number of benzene rings is 1. The van der Waals surface area contributed by atoms with Gasteiger partial charge in [-0.05, 0) is 19.1 Å². The number of alkyl halides is 3. The fraction of sp³-hybridized carbons (Fsp3) is 0.200. The van der Waals surface area contributed by atoms with Crippen LogP contribution in [0.1, 0.15) is 5.56 Å². The van der Waals surface area contributed by atoms with Gasteiger partial charge in [0.1, 0.15) is 6.33 Å². The van der Waals surface area contributed by atoms with E-state index in [1.807, 2.05) is 31.2 Å². The van der Waals surface area contributed by atoms with E-state index >= 15 is 0 Å².